The summed E-state index contributed by atoms with van der Waals surface area (Å²) in [5, 5.41) is 8.52. The summed E-state index contributed by atoms with van der Waals surface area (Å²) in [5.41, 5.74) is 1.98. The molecule has 1 aromatic heterocycles. The molecule has 0 fully saturated rings. The molecule has 0 aliphatic carbocycles. The van der Waals surface area contributed by atoms with Crippen LogP contribution in [0.25, 0.3) is 0 Å². The van der Waals surface area contributed by atoms with E-state index in [-0.39, 0.29) is 11.1 Å². The molecule has 1 heterocycles. The first-order valence-corrected chi connectivity index (χ1v) is 8.99. The normalized spacial score (nSPS) is 12.2. The zero-order valence-electron chi connectivity index (χ0n) is 13.8. The molecule has 0 spiro atoms. The van der Waals surface area contributed by atoms with Gasteiger partial charge in [-0.3, -0.25) is 5.10 Å². The number of hydrogen-bond acceptors (Lipinski definition) is 4. The van der Waals surface area contributed by atoms with Crippen LogP contribution in [0.4, 0.5) is 4.39 Å². The molecule has 3 rings (SSSR count). The minimum absolute atomic E-state index is 0.115. The fourth-order valence-electron chi connectivity index (χ4n) is 2.21. The average molecular weight is 378 g/mol. The maximum atomic E-state index is 13.0. The van der Waals surface area contributed by atoms with Crippen LogP contribution in [0.15, 0.2) is 47.6 Å². The molecule has 0 unspecified atom stereocenters. The van der Waals surface area contributed by atoms with Crippen molar-refractivity contribution in [1.29, 1.82) is 0 Å². The van der Waals surface area contributed by atoms with Gasteiger partial charge in [-0.15, -0.1) is 5.10 Å². The van der Waals surface area contributed by atoms with Gasteiger partial charge in [-0.25, -0.2) is 9.37 Å². The molecule has 2 aromatic carbocycles. The highest BCUT2D eigenvalue weighted by atomic mass is 35.5. The number of aromatic nitrogens is 3. The van der Waals surface area contributed by atoms with Gasteiger partial charge in [-0.2, -0.15) is 0 Å². The van der Waals surface area contributed by atoms with Gasteiger partial charge < -0.3 is 4.74 Å². The second-order valence-electron chi connectivity index (χ2n) is 5.58. The summed E-state index contributed by atoms with van der Waals surface area (Å²) >= 11 is 7.50. The molecule has 1 N–H and O–H groups in total. The second kappa shape index (κ2) is 7.89. The molecule has 25 heavy (non-hydrogen) atoms. The number of benzene rings is 2. The van der Waals surface area contributed by atoms with E-state index in [0.717, 1.165) is 16.9 Å². The van der Waals surface area contributed by atoms with E-state index in [9.17, 15) is 4.39 Å². The van der Waals surface area contributed by atoms with Crippen LogP contribution in [0.2, 0.25) is 5.02 Å². The molecule has 0 radical (unpaired) electrons. The van der Waals surface area contributed by atoms with Gasteiger partial charge in [-0.05, 0) is 55.3 Å². The summed E-state index contributed by atoms with van der Waals surface area (Å²) in [6, 6.07) is 12.0. The van der Waals surface area contributed by atoms with Crippen molar-refractivity contribution in [3.63, 3.8) is 0 Å². The molecule has 0 saturated carbocycles. The molecular weight excluding hydrogens is 361 g/mol. The fraction of sp³-hybridized carbons (Fsp3) is 0.222. The number of aromatic amines is 1. The first-order valence-electron chi connectivity index (χ1n) is 7.73. The molecule has 0 bridgehead atoms. The largest absolute Gasteiger partial charge is 0.486 e. The van der Waals surface area contributed by atoms with E-state index in [1.54, 1.807) is 18.2 Å². The highest BCUT2D eigenvalue weighted by molar-refractivity contribution is 7.99. The number of hydrogen-bond donors (Lipinski definition) is 1. The number of nitrogens with one attached hydrogen (secondary N) is 1. The quantitative estimate of drug-likeness (QED) is 0.589. The number of H-pyrrole nitrogens is 1. The number of aryl methyl sites for hydroxylation is 1. The lowest BCUT2D eigenvalue weighted by molar-refractivity contribution is 0.296. The van der Waals surface area contributed by atoms with Crippen LogP contribution < -0.4 is 4.74 Å². The maximum absolute atomic E-state index is 13.0. The number of thioether (sulfide) groups is 1. The average Bonchev–Trinajstić information content (AvgIpc) is 3.04. The van der Waals surface area contributed by atoms with Crippen molar-refractivity contribution in [2.24, 2.45) is 0 Å². The van der Waals surface area contributed by atoms with Crippen molar-refractivity contribution < 1.29 is 9.13 Å². The summed E-state index contributed by atoms with van der Waals surface area (Å²) in [7, 11) is 0. The van der Waals surface area contributed by atoms with Crippen LogP contribution in [0.3, 0.4) is 0 Å². The van der Waals surface area contributed by atoms with Crippen LogP contribution in [-0.2, 0) is 6.61 Å². The summed E-state index contributed by atoms with van der Waals surface area (Å²) in [5.74, 6) is 1.13. The van der Waals surface area contributed by atoms with Crippen molar-refractivity contribution in [3.8, 4) is 5.75 Å². The number of ether oxygens (including phenoxy) is 1. The Kier molecular flexibility index (Phi) is 5.60. The van der Waals surface area contributed by atoms with E-state index in [4.69, 9.17) is 16.3 Å². The maximum Gasteiger partial charge on any atom is 0.209 e. The van der Waals surface area contributed by atoms with Gasteiger partial charge in [0.05, 0.1) is 0 Å². The van der Waals surface area contributed by atoms with Crippen molar-refractivity contribution in [2.75, 3.05) is 0 Å². The van der Waals surface area contributed by atoms with E-state index in [1.165, 1.54) is 23.9 Å². The molecule has 7 heteroatoms. The lowest BCUT2D eigenvalue weighted by Crippen LogP contribution is -1.98. The minimum Gasteiger partial charge on any atom is -0.486 e. The van der Waals surface area contributed by atoms with Crippen LogP contribution in [0.5, 0.6) is 5.75 Å². The highest BCUT2D eigenvalue weighted by Gasteiger charge is 2.12. The lowest BCUT2D eigenvalue weighted by atomic mass is 10.2. The molecule has 130 valence electrons. The van der Waals surface area contributed by atoms with Crippen LogP contribution in [-0.4, -0.2) is 15.2 Å². The molecule has 4 nitrogen and oxygen atoms in total. The highest BCUT2D eigenvalue weighted by Crippen LogP contribution is 2.32. The first-order chi connectivity index (χ1) is 12.0. The Morgan fingerprint density at radius 2 is 2.00 bits per heavy atom. The Labute approximate surface area is 154 Å². The van der Waals surface area contributed by atoms with Crippen molar-refractivity contribution >= 4 is 23.4 Å². The van der Waals surface area contributed by atoms with E-state index < -0.39 is 0 Å². The third-order valence-corrected chi connectivity index (χ3v) is 5.08. The lowest BCUT2D eigenvalue weighted by Gasteiger charge is -2.08. The van der Waals surface area contributed by atoms with E-state index in [1.807, 2.05) is 26.0 Å². The summed E-state index contributed by atoms with van der Waals surface area (Å²) in [6.45, 7) is 4.25. The zero-order valence-corrected chi connectivity index (χ0v) is 15.4. The second-order valence-corrected chi connectivity index (χ2v) is 7.29. The Balaban J connectivity index is 1.58. The molecule has 3 aromatic rings. The molecule has 0 saturated heterocycles. The Bertz CT molecular complexity index is 854. The van der Waals surface area contributed by atoms with E-state index in [2.05, 4.69) is 15.2 Å². The van der Waals surface area contributed by atoms with Crippen molar-refractivity contribution in [2.45, 2.75) is 30.9 Å². The third-order valence-electron chi connectivity index (χ3n) is 3.64. The zero-order chi connectivity index (χ0) is 17.8. The standard InChI is InChI=1S/C18H17ClFN3OS/c1-11-9-15(7-8-16(11)19)24-10-17-21-18(23-22-17)25-12(2)13-3-5-14(20)6-4-13/h3-9,12H,10H2,1-2H3,(H,21,22,23)/t12-/m1/s1. The van der Waals surface area contributed by atoms with Gasteiger partial charge in [0.25, 0.3) is 0 Å². The van der Waals surface area contributed by atoms with E-state index in [0.29, 0.717) is 22.6 Å². The number of nitrogens with zero attached hydrogens (tertiary/aromatic N) is 2. The minimum atomic E-state index is -0.240. The molecule has 0 amide bonds. The van der Waals surface area contributed by atoms with Crippen molar-refractivity contribution in [1.82, 2.24) is 15.2 Å². The predicted octanol–water partition coefficient (Wildman–Crippen LogP) is 5.34. The molecule has 1 atom stereocenters. The van der Waals surface area contributed by atoms with Gasteiger partial charge in [-0.1, -0.05) is 35.5 Å². The molecule has 0 aliphatic rings. The summed E-state index contributed by atoms with van der Waals surface area (Å²) < 4.78 is 18.7. The van der Waals surface area contributed by atoms with E-state index >= 15 is 0 Å². The predicted molar refractivity (Wildman–Crippen MR) is 97.6 cm³/mol. The fourth-order valence-corrected chi connectivity index (χ4v) is 3.20. The van der Waals surface area contributed by atoms with Gasteiger partial charge >= 0.3 is 0 Å². The third kappa shape index (κ3) is 4.74. The van der Waals surface area contributed by atoms with Crippen LogP contribution >= 0.6 is 23.4 Å². The molecular formula is C18H17ClFN3OS. The van der Waals surface area contributed by atoms with Gasteiger partial charge in [0, 0.05) is 10.3 Å². The topological polar surface area (TPSA) is 50.8 Å². The SMILES string of the molecule is Cc1cc(OCc2nc(S[C@H](C)c3ccc(F)cc3)n[nH]2)ccc1Cl. The van der Waals surface area contributed by atoms with Gasteiger partial charge in [0.15, 0.2) is 5.82 Å². The van der Waals surface area contributed by atoms with Crippen LogP contribution in [0, 0.1) is 12.7 Å². The summed E-state index contributed by atoms with van der Waals surface area (Å²) in [6.07, 6.45) is 0. The van der Waals surface area contributed by atoms with Crippen molar-refractivity contribution in [3.05, 3.63) is 70.3 Å². The molecule has 0 aliphatic heterocycles. The summed E-state index contributed by atoms with van der Waals surface area (Å²) in [4.78, 5) is 4.42. The Morgan fingerprint density at radius 3 is 2.72 bits per heavy atom. The van der Waals surface area contributed by atoms with Gasteiger partial charge in [0.1, 0.15) is 18.2 Å². The monoisotopic (exact) mass is 377 g/mol. The number of halogens is 2. The number of rotatable bonds is 6. The van der Waals surface area contributed by atoms with Gasteiger partial charge in [0.2, 0.25) is 5.16 Å². The Hall–Kier alpha value is -2.05. The Morgan fingerprint density at radius 1 is 1.24 bits per heavy atom. The first kappa shape index (κ1) is 17.8. The smallest absolute Gasteiger partial charge is 0.209 e. The van der Waals surface area contributed by atoms with Crippen LogP contribution in [0.1, 0.15) is 29.1 Å².